The standard InChI is InChI=1S/C9H9AsO3/c11-9(12)6-3-7-1-4-8(10-13)5-2-7/h1-2,4-5H,3,6H2,(H,11,12). The van der Waals surface area contributed by atoms with Gasteiger partial charge >= 0.3 is 82.3 Å². The van der Waals surface area contributed by atoms with Crippen LogP contribution in [0.2, 0.25) is 0 Å². The quantitative estimate of drug-likeness (QED) is 0.774. The molecule has 0 aliphatic carbocycles. The van der Waals surface area contributed by atoms with Gasteiger partial charge in [-0.3, -0.25) is 0 Å². The van der Waals surface area contributed by atoms with Crippen LogP contribution < -0.4 is 4.35 Å². The van der Waals surface area contributed by atoms with Crippen molar-refractivity contribution < 1.29 is 13.6 Å². The number of carboxylic acid groups (broad SMARTS) is 1. The van der Waals surface area contributed by atoms with Crippen LogP contribution >= 0.6 is 0 Å². The van der Waals surface area contributed by atoms with Crippen LogP contribution in [0, 0.1) is 0 Å². The van der Waals surface area contributed by atoms with E-state index in [1.165, 1.54) is 0 Å². The van der Waals surface area contributed by atoms with Crippen molar-refractivity contribution in [1.82, 2.24) is 0 Å². The molecule has 0 heterocycles. The molecule has 0 atom stereocenters. The van der Waals surface area contributed by atoms with Crippen LogP contribution in [0.25, 0.3) is 0 Å². The first-order chi connectivity index (χ1) is 6.22. The molecule has 0 saturated carbocycles. The summed E-state index contributed by atoms with van der Waals surface area (Å²) in [6, 6.07) is 7.21. The van der Waals surface area contributed by atoms with E-state index in [1.807, 2.05) is 12.1 Å². The Kier molecular flexibility index (Phi) is 3.84. The first kappa shape index (κ1) is 10.1. The predicted octanol–water partition coefficient (Wildman–Crippen LogP) is 0.379. The molecule has 0 unspecified atom stereocenters. The number of hydrogen-bond acceptors (Lipinski definition) is 2. The number of benzene rings is 1. The van der Waals surface area contributed by atoms with Crippen LogP contribution in [0.4, 0.5) is 0 Å². The molecule has 13 heavy (non-hydrogen) atoms. The predicted molar refractivity (Wildman–Crippen MR) is 48.5 cm³/mol. The van der Waals surface area contributed by atoms with Gasteiger partial charge in [0, 0.05) is 0 Å². The Morgan fingerprint density at radius 1 is 1.31 bits per heavy atom. The van der Waals surface area contributed by atoms with Crippen LogP contribution in [0.1, 0.15) is 12.0 Å². The van der Waals surface area contributed by atoms with Crippen LogP contribution in [0.15, 0.2) is 24.3 Å². The summed E-state index contributed by atoms with van der Waals surface area (Å²) in [6.07, 6.45) is 0.676. The van der Waals surface area contributed by atoms with Crippen molar-refractivity contribution in [1.29, 1.82) is 0 Å². The topological polar surface area (TPSA) is 54.4 Å². The monoisotopic (exact) mass is 240 g/mol. The molecule has 68 valence electrons. The van der Waals surface area contributed by atoms with Gasteiger partial charge in [-0.2, -0.15) is 0 Å². The van der Waals surface area contributed by atoms with E-state index in [2.05, 4.69) is 0 Å². The van der Waals surface area contributed by atoms with Gasteiger partial charge in [-0.1, -0.05) is 0 Å². The Hall–Kier alpha value is -0.952. The van der Waals surface area contributed by atoms with Crippen molar-refractivity contribution >= 4 is 26.0 Å². The molecular weight excluding hydrogens is 231 g/mol. The van der Waals surface area contributed by atoms with Crippen LogP contribution in [0.3, 0.4) is 0 Å². The molecule has 1 aromatic rings. The minimum absolute atomic E-state index is 0.143. The van der Waals surface area contributed by atoms with Crippen molar-refractivity contribution in [2.24, 2.45) is 0 Å². The molecule has 1 aromatic carbocycles. The second kappa shape index (κ2) is 4.93. The summed E-state index contributed by atoms with van der Waals surface area (Å²) in [7, 11) is 0. The van der Waals surface area contributed by atoms with Crippen LogP contribution in [0.5, 0.6) is 0 Å². The number of aryl methyl sites for hydroxylation is 1. The summed E-state index contributed by atoms with van der Waals surface area (Å²) in [5.74, 6) is -0.792. The Morgan fingerprint density at radius 3 is 2.38 bits per heavy atom. The van der Waals surface area contributed by atoms with E-state index >= 15 is 0 Å². The van der Waals surface area contributed by atoms with Gasteiger partial charge in [-0.05, 0) is 0 Å². The van der Waals surface area contributed by atoms with Gasteiger partial charge in [-0.25, -0.2) is 0 Å². The van der Waals surface area contributed by atoms with E-state index in [-0.39, 0.29) is 6.42 Å². The molecular formula is C9H9AsO3. The van der Waals surface area contributed by atoms with Crippen molar-refractivity contribution in [2.45, 2.75) is 12.8 Å². The summed E-state index contributed by atoms with van der Waals surface area (Å²) >= 11 is -0.964. The van der Waals surface area contributed by atoms with E-state index in [0.29, 0.717) is 6.42 Å². The van der Waals surface area contributed by atoms with Crippen molar-refractivity contribution in [3.8, 4) is 0 Å². The maximum atomic E-state index is 10.5. The first-order valence-corrected chi connectivity index (χ1v) is 5.57. The average Bonchev–Trinajstić information content (AvgIpc) is 2.15. The molecule has 3 nitrogen and oxygen atoms in total. The van der Waals surface area contributed by atoms with Gasteiger partial charge in [0.2, 0.25) is 0 Å². The molecule has 0 spiro atoms. The zero-order valence-corrected chi connectivity index (χ0v) is 8.81. The van der Waals surface area contributed by atoms with Crippen molar-refractivity contribution in [3.63, 3.8) is 0 Å². The number of carboxylic acids is 1. The molecule has 0 aromatic heterocycles. The zero-order chi connectivity index (χ0) is 9.68. The number of hydrogen-bond donors (Lipinski definition) is 1. The Balaban J connectivity index is 2.59. The molecule has 0 aliphatic heterocycles. The maximum absolute atomic E-state index is 10.5. The van der Waals surface area contributed by atoms with Crippen LogP contribution in [-0.4, -0.2) is 26.8 Å². The van der Waals surface area contributed by atoms with Gasteiger partial charge in [0.15, 0.2) is 0 Å². The number of aliphatic carboxylic acids is 1. The number of rotatable bonds is 4. The third-order valence-electron chi connectivity index (χ3n) is 1.67. The van der Waals surface area contributed by atoms with Crippen LogP contribution in [-0.2, 0) is 15.0 Å². The van der Waals surface area contributed by atoms with Crippen molar-refractivity contribution in [3.05, 3.63) is 29.8 Å². The van der Waals surface area contributed by atoms with E-state index in [1.54, 1.807) is 12.1 Å². The van der Waals surface area contributed by atoms with Gasteiger partial charge in [0.1, 0.15) is 0 Å². The molecule has 0 amide bonds. The summed E-state index contributed by atoms with van der Waals surface area (Å²) < 4.78 is 11.3. The Labute approximate surface area is 82.7 Å². The van der Waals surface area contributed by atoms with Gasteiger partial charge in [0.25, 0.3) is 0 Å². The fourth-order valence-corrected chi connectivity index (χ4v) is 1.54. The van der Waals surface area contributed by atoms with Gasteiger partial charge in [0.05, 0.1) is 0 Å². The molecule has 0 aliphatic rings. The molecule has 0 fully saturated rings. The van der Waals surface area contributed by atoms with Gasteiger partial charge < -0.3 is 0 Å². The van der Waals surface area contributed by atoms with E-state index in [9.17, 15) is 8.53 Å². The molecule has 4 heteroatoms. The minimum atomic E-state index is -0.964. The van der Waals surface area contributed by atoms with Crippen molar-refractivity contribution in [2.75, 3.05) is 0 Å². The summed E-state index contributed by atoms with van der Waals surface area (Å²) in [4.78, 5) is 10.3. The molecule has 0 bridgehead atoms. The Bertz CT molecular complexity index is 305. The second-order valence-electron chi connectivity index (χ2n) is 2.65. The SMILES string of the molecule is O=[As]c1ccc(CCC(=O)O)cc1. The normalized spacial score (nSPS) is 10.2. The fourth-order valence-electron chi connectivity index (χ4n) is 0.975. The average molecular weight is 240 g/mol. The molecule has 0 saturated heterocycles. The van der Waals surface area contributed by atoms with E-state index in [4.69, 9.17) is 5.11 Å². The third-order valence-corrected chi connectivity index (χ3v) is 2.74. The molecule has 1 rings (SSSR count). The third kappa shape index (κ3) is 3.51. The fraction of sp³-hybridized carbons (Fsp3) is 0.222. The Morgan fingerprint density at radius 2 is 1.92 bits per heavy atom. The van der Waals surface area contributed by atoms with E-state index < -0.39 is 21.7 Å². The summed E-state index contributed by atoms with van der Waals surface area (Å²) in [6.45, 7) is 0. The van der Waals surface area contributed by atoms with E-state index in [0.717, 1.165) is 9.91 Å². The van der Waals surface area contributed by atoms with Gasteiger partial charge in [-0.15, -0.1) is 0 Å². The number of carbonyl (C=O) groups is 1. The molecule has 1 N–H and O–H groups in total. The molecule has 0 radical (unpaired) electrons. The second-order valence-corrected chi connectivity index (χ2v) is 4.12. The first-order valence-electron chi connectivity index (χ1n) is 3.86. The summed E-state index contributed by atoms with van der Waals surface area (Å²) in [5, 5.41) is 8.43. The summed E-state index contributed by atoms with van der Waals surface area (Å²) in [5.41, 5.74) is 0.973. The zero-order valence-electron chi connectivity index (χ0n) is 6.93.